The number of aliphatic carboxylic acids is 1. The summed E-state index contributed by atoms with van der Waals surface area (Å²) in [4.78, 5) is 25.1. The predicted molar refractivity (Wildman–Crippen MR) is 71.9 cm³/mol. The number of nitrogens with zero attached hydrogens (tertiary/aromatic N) is 1. The fraction of sp³-hybridized carbons (Fsp3) is 0.857. The lowest BCUT2D eigenvalue weighted by molar-refractivity contribution is -0.141. The number of carbonyl (C=O) groups is 2. The molecule has 2 N–H and O–H groups in total. The first-order valence-corrected chi connectivity index (χ1v) is 7.41. The zero-order chi connectivity index (χ0) is 13.8. The Morgan fingerprint density at radius 2 is 2.00 bits per heavy atom. The SMILES string of the molecule is CCCCN(C(=O)N[C@H]1CC[C@@H](C(=O)O)C1)C1CC1. The van der Waals surface area contributed by atoms with Gasteiger partial charge in [0.25, 0.3) is 0 Å². The van der Waals surface area contributed by atoms with E-state index in [9.17, 15) is 9.59 Å². The summed E-state index contributed by atoms with van der Waals surface area (Å²) in [5, 5.41) is 12.0. The number of nitrogens with one attached hydrogen (secondary N) is 1. The molecule has 0 spiro atoms. The molecule has 2 saturated carbocycles. The van der Waals surface area contributed by atoms with Gasteiger partial charge >= 0.3 is 12.0 Å². The van der Waals surface area contributed by atoms with Crippen LogP contribution in [0.2, 0.25) is 0 Å². The summed E-state index contributed by atoms with van der Waals surface area (Å²) in [6.07, 6.45) is 6.38. The standard InChI is InChI=1S/C14H24N2O3/c1-2-3-8-16(12-6-7-12)14(19)15-11-5-4-10(9-11)13(17)18/h10-12H,2-9H2,1H3,(H,15,19)(H,17,18)/t10-,11+/m1/s1. The lowest BCUT2D eigenvalue weighted by Crippen LogP contribution is -2.45. The van der Waals surface area contributed by atoms with E-state index in [1.54, 1.807) is 0 Å². The first kappa shape index (κ1) is 14.2. The van der Waals surface area contributed by atoms with Crippen LogP contribution in [0.4, 0.5) is 4.79 Å². The smallest absolute Gasteiger partial charge is 0.317 e. The van der Waals surface area contributed by atoms with Crippen molar-refractivity contribution in [3.05, 3.63) is 0 Å². The van der Waals surface area contributed by atoms with Crippen LogP contribution in [0, 0.1) is 5.92 Å². The van der Waals surface area contributed by atoms with E-state index in [4.69, 9.17) is 5.11 Å². The Hall–Kier alpha value is -1.26. The van der Waals surface area contributed by atoms with Gasteiger partial charge in [0.05, 0.1) is 5.92 Å². The number of carbonyl (C=O) groups excluding carboxylic acids is 1. The van der Waals surface area contributed by atoms with E-state index in [0.717, 1.165) is 38.6 Å². The molecule has 2 aliphatic rings. The third kappa shape index (κ3) is 3.85. The summed E-state index contributed by atoms with van der Waals surface area (Å²) < 4.78 is 0. The van der Waals surface area contributed by atoms with Gasteiger partial charge in [0.15, 0.2) is 0 Å². The van der Waals surface area contributed by atoms with Crippen LogP contribution >= 0.6 is 0 Å². The van der Waals surface area contributed by atoms with Crippen LogP contribution in [0.15, 0.2) is 0 Å². The molecule has 2 rings (SSSR count). The van der Waals surface area contributed by atoms with Crippen LogP contribution < -0.4 is 5.32 Å². The summed E-state index contributed by atoms with van der Waals surface area (Å²) in [5.41, 5.74) is 0. The Balaban J connectivity index is 1.80. The first-order chi connectivity index (χ1) is 9.11. The van der Waals surface area contributed by atoms with Gasteiger partial charge in [0, 0.05) is 18.6 Å². The average Bonchev–Trinajstić information content (AvgIpc) is 3.09. The third-order valence-corrected chi connectivity index (χ3v) is 4.11. The number of carboxylic acid groups (broad SMARTS) is 1. The molecular formula is C14H24N2O3. The van der Waals surface area contributed by atoms with Crippen molar-refractivity contribution in [3.63, 3.8) is 0 Å². The fourth-order valence-electron chi connectivity index (χ4n) is 2.76. The molecule has 0 aromatic carbocycles. The van der Waals surface area contributed by atoms with E-state index < -0.39 is 5.97 Å². The van der Waals surface area contributed by atoms with E-state index in [0.29, 0.717) is 18.9 Å². The molecule has 0 bridgehead atoms. The topological polar surface area (TPSA) is 69.6 Å². The van der Waals surface area contributed by atoms with E-state index in [1.165, 1.54) is 0 Å². The fourth-order valence-corrected chi connectivity index (χ4v) is 2.76. The normalized spacial score (nSPS) is 26.2. The van der Waals surface area contributed by atoms with Crippen molar-refractivity contribution in [3.8, 4) is 0 Å². The monoisotopic (exact) mass is 268 g/mol. The Morgan fingerprint density at radius 1 is 1.26 bits per heavy atom. The molecule has 2 aliphatic carbocycles. The highest BCUT2D eigenvalue weighted by molar-refractivity contribution is 5.76. The molecule has 19 heavy (non-hydrogen) atoms. The van der Waals surface area contributed by atoms with E-state index >= 15 is 0 Å². The zero-order valence-electron chi connectivity index (χ0n) is 11.6. The van der Waals surface area contributed by atoms with Gasteiger partial charge in [-0.2, -0.15) is 0 Å². The maximum atomic E-state index is 12.2. The molecule has 0 aromatic heterocycles. The quantitative estimate of drug-likeness (QED) is 0.776. The molecule has 0 unspecified atom stereocenters. The second kappa shape index (κ2) is 6.26. The number of hydrogen-bond acceptors (Lipinski definition) is 2. The summed E-state index contributed by atoms with van der Waals surface area (Å²) in [5.74, 6) is -1.02. The highest BCUT2D eigenvalue weighted by Crippen LogP contribution is 2.29. The van der Waals surface area contributed by atoms with Gasteiger partial charge in [-0.1, -0.05) is 13.3 Å². The van der Waals surface area contributed by atoms with E-state index in [-0.39, 0.29) is 18.0 Å². The Labute approximate surface area is 114 Å². The average molecular weight is 268 g/mol. The van der Waals surface area contributed by atoms with Crippen molar-refractivity contribution in [2.45, 2.75) is 64.0 Å². The van der Waals surface area contributed by atoms with Crippen molar-refractivity contribution in [2.75, 3.05) is 6.54 Å². The predicted octanol–water partition coefficient (Wildman–Crippen LogP) is 2.21. The molecule has 0 aromatic rings. The number of carboxylic acids is 1. The molecule has 0 saturated heterocycles. The van der Waals surface area contributed by atoms with Crippen molar-refractivity contribution >= 4 is 12.0 Å². The van der Waals surface area contributed by atoms with Gasteiger partial charge in [0.2, 0.25) is 0 Å². The minimum absolute atomic E-state index is 0.00647. The first-order valence-electron chi connectivity index (χ1n) is 7.41. The highest BCUT2D eigenvalue weighted by Gasteiger charge is 2.35. The second-order valence-electron chi connectivity index (χ2n) is 5.77. The molecule has 0 radical (unpaired) electrons. The molecule has 5 nitrogen and oxygen atoms in total. The van der Waals surface area contributed by atoms with Crippen molar-refractivity contribution in [2.24, 2.45) is 5.92 Å². The maximum absolute atomic E-state index is 12.2. The minimum atomic E-state index is -0.734. The van der Waals surface area contributed by atoms with Gasteiger partial charge in [-0.25, -0.2) is 4.79 Å². The molecule has 0 aliphatic heterocycles. The van der Waals surface area contributed by atoms with Crippen LogP contribution in [0.3, 0.4) is 0 Å². The van der Waals surface area contributed by atoms with Crippen LogP contribution in [0.5, 0.6) is 0 Å². The third-order valence-electron chi connectivity index (χ3n) is 4.11. The summed E-state index contributed by atoms with van der Waals surface area (Å²) >= 11 is 0. The molecule has 2 fully saturated rings. The summed E-state index contributed by atoms with van der Waals surface area (Å²) in [6, 6.07) is 0.465. The lowest BCUT2D eigenvalue weighted by Gasteiger charge is -2.25. The van der Waals surface area contributed by atoms with Gasteiger partial charge in [-0.05, 0) is 38.5 Å². The van der Waals surface area contributed by atoms with Gasteiger partial charge in [-0.3, -0.25) is 4.79 Å². The lowest BCUT2D eigenvalue weighted by atomic mass is 10.1. The van der Waals surface area contributed by atoms with Crippen LogP contribution in [0.1, 0.15) is 51.9 Å². The molecular weight excluding hydrogens is 244 g/mol. The summed E-state index contributed by atoms with van der Waals surface area (Å²) in [7, 11) is 0. The minimum Gasteiger partial charge on any atom is -0.481 e. The van der Waals surface area contributed by atoms with Crippen molar-refractivity contribution in [1.29, 1.82) is 0 Å². The molecule has 0 heterocycles. The van der Waals surface area contributed by atoms with Crippen LogP contribution in [-0.2, 0) is 4.79 Å². The van der Waals surface area contributed by atoms with Crippen LogP contribution in [-0.4, -0.2) is 40.6 Å². The Bertz CT molecular complexity index is 342. The van der Waals surface area contributed by atoms with Crippen LogP contribution in [0.25, 0.3) is 0 Å². The molecule has 2 amide bonds. The molecule has 2 atom stereocenters. The Kier molecular flexibility index (Phi) is 4.66. The number of hydrogen-bond donors (Lipinski definition) is 2. The zero-order valence-corrected chi connectivity index (χ0v) is 11.6. The highest BCUT2D eigenvalue weighted by atomic mass is 16.4. The number of urea groups is 1. The van der Waals surface area contributed by atoms with E-state index in [2.05, 4.69) is 12.2 Å². The van der Waals surface area contributed by atoms with E-state index in [1.807, 2.05) is 4.90 Å². The number of rotatable bonds is 6. The number of amides is 2. The maximum Gasteiger partial charge on any atom is 0.317 e. The Morgan fingerprint density at radius 3 is 2.53 bits per heavy atom. The van der Waals surface area contributed by atoms with Crippen molar-refractivity contribution < 1.29 is 14.7 Å². The molecule has 5 heteroatoms. The van der Waals surface area contributed by atoms with Gasteiger partial charge in [0.1, 0.15) is 0 Å². The van der Waals surface area contributed by atoms with Crippen molar-refractivity contribution in [1.82, 2.24) is 10.2 Å². The number of unbranched alkanes of at least 4 members (excludes halogenated alkanes) is 1. The summed E-state index contributed by atoms with van der Waals surface area (Å²) in [6.45, 7) is 2.94. The van der Waals surface area contributed by atoms with Gasteiger partial charge in [-0.15, -0.1) is 0 Å². The van der Waals surface area contributed by atoms with Gasteiger partial charge < -0.3 is 15.3 Å². The largest absolute Gasteiger partial charge is 0.481 e. The molecule has 108 valence electrons. The second-order valence-corrected chi connectivity index (χ2v) is 5.77.